The summed E-state index contributed by atoms with van der Waals surface area (Å²) in [5.74, 6) is 0. The third kappa shape index (κ3) is 1.13. The molecular weight excluding hydrogens is 263 g/mol. The van der Waals surface area contributed by atoms with Crippen molar-refractivity contribution in [3.8, 4) is 0 Å². The first-order valence-corrected chi connectivity index (χ1v) is 5.51. The summed E-state index contributed by atoms with van der Waals surface area (Å²) in [6.07, 6.45) is 0. The van der Waals surface area contributed by atoms with Crippen LogP contribution in [0.4, 0.5) is 0 Å². The van der Waals surface area contributed by atoms with E-state index < -0.39 is 0 Å². The topological polar surface area (TPSA) is 6.48 Å². The summed E-state index contributed by atoms with van der Waals surface area (Å²) < 4.78 is 2.45. The minimum Gasteiger partial charge on any atom is -0.305 e. The van der Waals surface area contributed by atoms with Crippen LogP contribution in [0.25, 0.3) is 0 Å². The van der Waals surface area contributed by atoms with Crippen molar-refractivity contribution in [2.75, 3.05) is 33.2 Å². The van der Waals surface area contributed by atoms with Gasteiger partial charge in [0.25, 0.3) is 0 Å². The van der Waals surface area contributed by atoms with Crippen LogP contribution in [0.5, 0.6) is 0 Å². The Labute approximate surface area is 88.8 Å². The van der Waals surface area contributed by atoms with Crippen LogP contribution in [0.15, 0.2) is 0 Å². The van der Waals surface area contributed by atoms with Crippen LogP contribution in [0.2, 0.25) is 0 Å². The van der Waals surface area contributed by atoms with Gasteiger partial charge in [-0.25, -0.2) is 3.11 Å². The van der Waals surface area contributed by atoms with Gasteiger partial charge in [-0.2, -0.15) is 0 Å². The largest absolute Gasteiger partial charge is 0.305 e. The third-order valence-corrected chi connectivity index (χ3v) is 4.42. The summed E-state index contributed by atoms with van der Waals surface area (Å²) >= 11 is 2.46. The SMILES string of the molecule is CN1C[C@@]2(C)CN(I)C[C@@]2(C)C1. The number of fused-ring (bicyclic) bond motifs is 1. The maximum atomic E-state index is 2.48. The van der Waals surface area contributed by atoms with E-state index in [0.29, 0.717) is 10.8 Å². The lowest BCUT2D eigenvalue weighted by Crippen LogP contribution is -2.34. The molecule has 2 nitrogen and oxygen atoms in total. The van der Waals surface area contributed by atoms with Gasteiger partial charge in [0, 0.05) is 59.9 Å². The van der Waals surface area contributed by atoms with Crippen molar-refractivity contribution in [2.24, 2.45) is 10.8 Å². The third-order valence-electron chi connectivity index (χ3n) is 3.74. The average molecular weight is 280 g/mol. The summed E-state index contributed by atoms with van der Waals surface area (Å²) in [4.78, 5) is 2.48. The second-order valence-corrected chi connectivity index (χ2v) is 6.44. The number of hydrogen-bond acceptors (Lipinski definition) is 2. The molecule has 2 fully saturated rings. The van der Waals surface area contributed by atoms with E-state index in [1.54, 1.807) is 0 Å². The molecule has 0 amide bonds. The minimum atomic E-state index is 0.531. The van der Waals surface area contributed by atoms with Crippen LogP contribution in [0.1, 0.15) is 13.8 Å². The fourth-order valence-electron chi connectivity index (χ4n) is 2.92. The Morgan fingerprint density at radius 2 is 1.42 bits per heavy atom. The number of likely N-dealkylation sites (tertiary alicyclic amines) is 1. The summed E-state index contributed by atoms with van der Waals surface area (Å²) in [6, 6.07) is 0. The molecule has 0 saturated carbocycles. The van der Waals surface area contributed by atoms with Crippen LogP contribution in [0.3, 0.4) is 0 Å². The molecule has 0 spiro atoms. The van der Waals surface area contributed by atoms with Crippen molar-refractivity contribution < 1.29 is 0 Å². The number of hydrogen-bond donors (Lipinski definition) is 0. The highest BCUT2D eigenvalue weighted by Crippen LogP contribution is 2.51. The van der Waals surface area contributed by atoms with Crippen molar-refractivity contribution in [3.63, 3.8) is 0 Å². The highest BCUT2D eigenvalue weighted by atomic mass is 127. The van der Waals surface area contributed by atoms with Crippen LogP contribution < -0.4 is 0 Å². The average Bonchev–Trinajstić information content (AvgIpc) is 2.09. The Bertz CT molecular complexity index is 171. The Hall–Kier alpha value is 0.650. The molecule has 70 valence electrons. The lowest BCUT2D eigenvalue weighted by atomic mass is 9.71. The maximum Gasteiger partial charge on any atom is 0.0201 e. The Kier molecular flexibility index (Phi) is 1.98. The van der Waals surface area contributed by atoms with Crippen LogP contribution in [-0.2, 0) is 0 Å². The molecule has 2 aliphatic heterocycles. The first-order chi connectivity index (χ1) is 5.45. The summed E-state index contributed by atoms with van der Waals surface area (Å²) in [6.45, 7) is 9.93. The van der Waals surface area contributed by atoms with E-state index in [2.05, 4.69) is 51.8 Å². The molecule has 0 aromatic rings. The lowest BCUT2D eigenvalue weighted by molar-refractivity contribution is 0.212. The Balaban J connectivity index is 2.27. The number of halogens is 1. The van der Waals surface area contributed by atoms with Crippen LogP contribution in [-0.4, -0.2) is 41.2 Å². The van der Waals surface area contributed by atoms with Gasteiger partial charge in [0.2, 0.25) is 0 Å². The smallest absolute Gasteiger partial charge is 0.0201 e. The van der Waals surface area contributed by atoms with Crippen molar-refractivity contribution in [2.45, 2.75) is 13.8 Å². The predicted molar refractivity (Wildman–Crippen MR) is 59.3 cm³/mol. The molecule has 0 N–H and O–H groups in total. The zero-order chi connectivity index (χ0) is 8.98. The van der Waals surface area contributed by atoms with Crippen molar-refractivity contribution in [3.05, 3.63) is 0 Å². The predicted octanol–water partition coefficient (Wildman–Crippen LogP) is 1.61. The van der Waals surface area contributed by atoms with Crippen LogP contribution >= 0.6 is 22.9 Å². The minimum absolute atomic E-state index is 0.531. The molecule has 0 unspecified atom stereocenters. The molecule has 2 rings (SSSR count). The van der Waals surface area contributed by atoms with E-state index in [4.69, 9.17) is 0 Å². The quantitative estimate of drug-likeness (QED) is 0.491. The van der Waals surface area contributed by atoms with Gasteiger partial charge >= 0.3 is 0 Å². The van der Waals surface area contributed by atoms with E-state index in [-0.39, 0.29) is 0 Å². The van der Waals surface area contributed by atoms with Crippen molar-refractivity contribution in [1.82, 2.24) is 8.01 Å². The molecule has 3 heteroatoms. The number of nitrogens with zero attached hydrogens (tertiary/aromatic N) is 2. The second-order valence-electron chi connectivity index (χ2n) is 5.07. The first-order valence-electron chi connectivity index (χ1n) is 4.55. The Morgan fingerprint density at radius 1 is 1.00 bits per heavy atom. The van der Waals surface area contributed by atoms with Gasteiger partial charge in [-0.3, -0.25) is 0 Å². The summed E-state index contributed by atoms with van der Waals surface area (Å²) in [5, 5.41) is 0. The Morgan fingerprint density at radius 3 is 1.83 bits per heavy atom. The molecule has 2 heterocycles. The van der Waals surface area contributed by atoms with E-state index in [1.807, 2.05) is 0 Å². The molecule has 0 bridgehead atoms. The number of rotatable bonds is 0. The first kappa shape index (κ1) is 9.21. The second kappa shape index (κ2) is 2.58. The lowest BCUT2D eigenvalue weighted by Gasteiger charge is -2.30. The van der Waals surface area contributed by atoms with Crippen LogP contribution in [0, 0.1) is 10.8 Å². The molecule has 0 aliphatic carbocycles. The van der Waals surface area contributed by atoms with Gasteiger partial charge < -0.3 is 4.90 Å². The normalized spacial score (nSPS) is 50.0. The van der Waals surface area contributed by atoms with Gasteiger partial charge in [0.1, 0.15) is 0 Å². The van der Waals surface area contributed by atoms with Crippen molar-refractivity contribution in [1.29, 1.82) is 0 Å². The highest BCUT2D eigenvalue weighted by Gasteiger charge is 2.56. The summed E-state index contributed by atoms with van der Waals surface area (Å²) in [5.41, 5.74) is 1.06. The van der Waals surface area contributed by atoms with Gasteiger partial charge in [0.15, 0.2) is 0 Å². The molecule has 2 aliphatic rings. The standard InChI is InChI=1S/C9H17IN2/c1-8-4-11(3)5-9(8,2)7-12(10)6-8/h4-7H2,1-3H3/t8-,9+. The van der Waals surface area contributed by atoms with E-state index in [9.17, 15) is 0 Å². The molecule has 0 radical (unpaired) electrons. The zero-order valence-corrected chi connectivity index (χ0v) is 10.3. The monoisotopic (exact) mass is 280 g/mol. The fourth-order valence-corrected chi connectivity index (χ4v) is 4.43. The van der Waals surface area contributed by atoms with Gasteiger partial charge in [0.05, 0.1) is 0 Å². The molecular formula is C9H17IN2. The van der Waals surface area contributed by atoms with E-state index in [0.717, 1.165) is 0 Å². The van der Waals surface area contributed by atoms with Gasteiger partial charge in [-0.05, 0) is 7.05 Å². The molecule has 0 aromatic heterocycles. The van der Waals surface area contributed by atoms with Crippen molar-refractivity contribution >= 4 is 22.9 Å². The molecule has 2 saturated heterocycles. The van der Waals surface area contributed by atoms with E-state index in [1.165, 1.54) is 26.2 Å². The zero-order valence-electron chi connectivity index (χ0n) is 8.10. The fraction of sp³-hybridized carbons (Fsp3) is 1.00. The van der Waals surface area contributed by atoms with Gasteiger partial charge in [-0.15, -0.1) is 0 Å². The highest BCUT2D eigenvalue weighted by molar-refractivity contribution is 14.1. The summed E-state index contributed by atoms with van der Waals surface area (Å²) in [7, 11) is 2.24. The van der Waals surface area contributed by atoms with Gasteiger partial charge in [-0.1, -0.05) is 13.8 Å². The maximum absolute atomic E-state index is 2.48. The molecule has 0 aromatic carbocycles. The van der Waals surface area contributed by atoms with E-state index >= 15 is 0 Å². The molecule has 12 heavy (non-hydrogen) atoms. The molecule has 2 atom stereocenters.